The van der Waals surface area contributed by atoms with Crippen LogP contribution in [0.1, 0.15) is 16.8 Å². The van der Waals surface area contributed by atoms with Crippen LogP contribution in [0.25, 0.3) is 0 Å². The minimum absolute atomic E-state index is 0.0957. The number of carbonyl (C=O) groups excluding carboxylic acids is 1. The zero-order valence-electron chi connectivity index (χ0n) is 8.56. The van der Waals surface area contributed by atoms with Crippen LogP contribution in [-0.2, 0) is 0 Å². The fourth-order valence-electron chi connectivity index (χ4n) is 1.72. The third-order valence-electron chi connectivity index (χ3n) is 2.60. The van der Waals surface area contributed by atoms with Crippen LogP contribution < -0.4 is 5.73 Å². The largest absolute Gasteiger partial charge is 0.391 e. The first-order valence-corrected chi connectivity index (χ1v) is 4.97. The molecule has 1 aromatic rings. The molecule has 3 N–H and O–H groups in total. The summed E-state index contributed by atoms with van der Waals surface area (Å²) in [5.41, 5.74) is 5.18. The van der Waals surface area contributed by atoms with E-state index >= 15 is 0 Å². The Labute approximate surface area is 91.7 Å². The van der Waals surface area contributed by atoms with Gasteiger partial charge in [-0.25, -0.2) is 9.37 Å². The highest BCUT2D eigenvalue weighted by molar-refractivity contribution is 5.95. The van der Waals surface area contributed by atoms with Gasteiger partial charge in [-0.05, 0) is 12.5 Å². The summed E-state index contributed by atoms with van der Waals surface area (Å²) in [7, 11) is 0. The number of aliphatic hydroxyl groups is 1. The Balaban J connectivity index is 2.24. The molecule has 1 fully saturated rings. The van der Waals surface area contributed by atoms with Crippen LogP contribution in [0.3, 0.4) is 0 Å². The number of nitrogens with two attached hydrogens (primary N) is 1. The maximum absolute atomic E-state index is 13.5. The van der Waals surface area contributed by atoms with Crippen LogP contribution >= 0.6 is 0 Å². The van der Waals surface area contributed by atoms with E-state index < -0.39 is 17.8 Å². The highest BCUT2D eigenvalue weighted by Crippen LogP contribution is 2.17. The monoisotopic (exact) mass is 225 g/mol. The molecule has 0 spiro atoms. The molecule has 5 nitrogen and oxygen atoms in total. The van der Waals surface area contributed by atoms with Gasteiger partial charge in [-0.1, -0.05) is 0 Å². The van der Waals surface area contributed by atoms with Crippen molar-refractivity contribution in [1.82, 2.24) is 9.88 Å². The van der Waals surface area contributed by atoms with E-state index in [-0.39, 0.29) is 17.9 Å². The summed E-state index contributed by atoms with van der Waals surface area (Å²) in [6, 6.07) is 1.29. The van der Waals surface area contributed by atoms with Crippen molar-refractivity contribution in [3.05, 3.63) is 23.6 Å². The molecule has 16 heavy (non-hydrogen) atoms. The van der Waals surface area contributed by atoms with E-state index in [1.54, 1.807) is 0 Å². The Morgan fingerprint density at radius 1 is 1.69 bits per heavy atom. The molecule has 1 aromatic heterocycles. The number of hydrogen-bond donors (Lipinski definition) is 2. The van der Waals surface area contributed by atoms with Gasteiger partial charge >= 0.3 is 0 Å². The fraction of sp³-hybridized carbons (Fsp3) is 0.400. The number of aromatic nitrogens is 1. The van der Waals surface area contributed by atoms with E-state index in [9.17, 15) is 14.3 Å². The van der Waals surface area contributed by atoms with Crippen molar-refractivity contribution in [3.63, 3.8) is 0 Å². The number of β-amino-alcohol motifs (C(OH)–C–C–N with tert-alkyl or cyclic N) is 1. The highest BCUT2D eigenvalue weighted by atomic mass is 19.1. The van der Waals surface area contributed by atoms with Crippen molar-refractivity contribution < 1.29 is 14.3 Å². The van der Waals surface area contributed by atoms with Crippen LogP contribution in [0.5, 0.6) is 0 Å². The molecular formula is C10H12FN3O2. The number of pyridine rings is 1. The van der Waals surface area contributed by atoms with Crippen LogP contribution in [0.4, 0.5) is 10.2 Å². The van der Waals surface area contributed by atoms with Crippen molar-refractivity contribution in [2.75, 3.05) is 18.8 Å². The lowest BCUT2D eigenvalue weighted by atomic mass is 10.2. The van der Waals surface area contributed by atoms with E-state index in [4.69, 9.17) is 5.73 Å². The summed E-state index contributed by atoms with van der Waals surface area (Å²) in [6.45, 7) is 0.669. The van der Waals surface area contributed by atoms with Crippen LogP contribution in [0.15, 0.2) is 12.3 Å². The van der Waals surface area contributed by atoms with Crippen molar-refractivity contribution in [1.29, 1.82) is 0 Å². The quantitative estimate of drug-likeness (QED) is 0.705. The van der Waals surface area contributed by atoms with Gasteiger partial charge in [-0.2, -0.15) is 0 Å². The van der Waals surface area contributed by atoms with Gasteiger partial charge in [0.1, 0.15) is 0 Å². The van der Waals surface area contributed by atoms with Crippen LogP contribution in [0, 0.1) is 5.82 Å². The maximum atomic E-state index is 13.5. The first-order chi connectivity index (χ1) is 7.59. The van der Waals surface area contributed by atoms with E-state index in [0.29, 0.717) is 13.0 Å². The summed E-state index contributed by atoms with van der Waals surface area (Å²) in [5.74, 6) is -1.54. The average molecular weight is 225 g/mol. The van der Waals surface area contributed by atoms with Crippen molar-refractivity contribution in [2.45, 2.75) is 12.5 Å². The van der Waals surface area contributed by atoms with Gasteiger partial charge in [0.05, 0.1) is 11.7 Å². The molecule has 1 unspecified atom stereocenters. The van der Waals surface area contributed by atoms with Crippen molar-refractivity contribution in [3.8, 4) is 0 Å². The number of nitrogens with zero attached hydrogens (tertiary/aromatic N) is 2. The molecule has 0 aliphatic carbocycles. The fourth-order valence-corrected chi connectivity index (χ4v) is 1.72. The van der Waals surface area contributed by atoms with Gasteiger partial charge in [-0.15, -0.1) is 0 Å². The Kier molecular flexibility index (Phi) is 2.74. The second-order valence-electron chi connectivity index (χ2n) is 3.75. The molecule has 2 rings (SSSR count). The topological polar surface area (TPSA) is 79.5 Å². The molecule has 2 heterocycles. The molecule has 6 heteroatoms. The Hall–Kier alpha value is -1.69. The number of likely N-dealkylation sites (tertiary alicyclic amines) is 1. The number of rotatable bonds is 1. The summed E-state index contributed by atoms with van der Waals surface area (Å²) in [6.07, 6.45) is 1.29. The van der Waals surface area contributed by atoms with Gasteiger partial charge in [0.25, 0.3) is 5.91 Å². The molecule has 1 aliphatic rings. The number of halogens is 1. The third-order valence-corrected chi connectivity index (χ3v) is 2.60. The van der Waals surface area contributed by atoms with Gasteiger partial charge in [0.15, 0.2) is 11.6 Å². The van der Waals surface area contributed by atoms with Gasteiger partial charge in [0.2, 0.25) is 0 Å². The second kappa shape index (κ2) is 4.05. The van der Waals surface area contributed by atoms with Crippen LogP contribution in [0.2, 0.25) is 0 Å². The molecule has 1 saturated heterocycles. The third kappa shape index (κ3) is 1.83. The molecule has 86 valence electrons. The minimum atomic E-state index is -0.797. The first kappa shape index (κ1) is 10.8. The molecule has 0 bridgehead atoms. The summed E-state index contributed by atoms with van der Waals surface area (Å²) in [5, 5.41) is 9.29. The highest BCUT2D eigenvalue weighted by Gasteiger charge is 2.27. The Morgan fingerprint density at radius 2 is 2.44 bits per heavy atom. The predicted molar refractivity (Wildman–Crippen MR) is 55.1 cm³/mol. The predicted octanol–water partition coefficient (Wildman–Crippen LogP) is 0.00970. The Bertz CT molecular complexity index is 425. The molecule has 1 atom stereocenters. The lowest BCUT2D eigenvalue weighted by Gasteiger charge is -2.15. The zero-order chi connectivity index (χ0) is 11.7. The van der Waals surface area contributed by atoms with Crippen molar-refractivity contribution >= 4 is 11.7 Å². The number of nitrogen functional groups attached to an aromatic ring is 1. The van der Waals surface area contributed by atoms with E-state index in [0.717, 1.165) is 0 Å². The minimum Gasteiger partial charge on any atom is -0.391 e. The van der Waals surface area contributed by atoms with Gasteiger partial charge in [-0.3, -0.25) is 4.79 Å². The summed E-state index contributed by atoms with van der Waals surface area (Å²) in [4.78, 5) is 16.8. The lowest BCUT2D eigenvalue weighted by molar-refractivity contribution is 0.0760. The van der Waals surface area contributed by atoms with E-state index in [1.807, 2.05) is 0 Å². The number of carbonyl (C=O) groups is 1. The SMILES string of the molecule is Nc1nccc(C(=O)N2CCC(O)C2)c1F. The Morgan fingerprint density at radius 3 is 3.06 bits per heavy atom. The average Bonchev–Trinajstić information content (AvgIpc) is 2.68. The smallest absolute Gasteiger partial charge is 0.257 e. The van der Waals surface area contributed by atoms with E-state index in [1.165, 1.54) is 17.2 Å². The van der Waals surface area contributed by atoms with Crippen LogP contribution in [-0.4, -0.2) is 40.1 Å². The molecular weight excluding hydrogens is 213 g/mol. The number of aliphatic hydroxyl groups excluding tert-OH is 1. The summed E-state index contributed by atoms with van der Waals surface area (Å²) < 4.78 is 13.5. The normalized spacial score (nSPS) is 20.1. The van der Waals surface area contributed by atoms with E-state index in [2.05, 4.69) is 4.98 Å². The van der Waals surface area contributed by atoms with Crippen molar-refractivity contribution in [2.24, 2.45) is 0 Å². The molecule has 1 amide bonds. The molecule has 0 saturated carbocycles. The maximum Gasteiger partial charge on any atom is 0.257 e. The van der Waals surface area contributed by atoms with Gasteiger partial charge < -0.3 is 15.7 Å². The number of amides is 1. The lowest BCUT2D eigenvalue weighted by Crippen LogP contribution is -2.30. The molecule has 0 radical (unpaired) electrons. The first-order valence-electron chi connectivity index (χ1n) is 4.97. The molecule has 1 aliphatic heterocycles. The zero-order valence-corrected chi connectivity index (χ0v) is 8.56. The van der Waals surface area contributed by atoms with Gasteiger partial charge in [0, 0.05) is 19.3 Å². The number of anilines is 1. The number of hydrogen-bond acceptors (Lipinski definition) is 4. The molecule has 0 aromatic carbocycles. The second-order valence-corrected chi connectivity index (χ2v) is 3.75. The standard InChI is InChI=1S/C10H12FN3O2/c11-8-7(1-3-13-9(8)12)10(16)14-4-2-6(15)5-14/h1,3,6,15H,2,4-5H2,(H2,12,13). The summed E-state index contributed by atoms with van der Waals surface area (Å²) >= 11 is 0.